The first kappa shape index (κ1) is 22.3. The number of benzene rings is 2. The third-order valence-electron chi connectivity index (χ3n) is 5.32. The summed E-state index contributed by atoms with van der Waals surface area (Å²) in [4.78, 5) is 0. The van der Waals surface area contributed by atoms with Crippen LogP contribution < -0.4 is 0 Å². The fourth-order valence-electron chi connectivity index (χ4n) is 3.48. The first-order chi connectivity index (χ1) is 13.7. The summed E-state index contributed by atoms with van der Waals surface area (Å²) in [6, 6.07) is 17.6. The zero-order chi connectivity index (χ0) is 20.0. The van der Waals surface area contributed by atoms with Crippen LogP contribution in [0.2, 0.25) is 0 Å². The lowest BCUT2D eigenvalue weighted by molar-refractivity contribution is 0.556. The Hall–Kier alpha value is -2.00. The molecule has 0 nitrogen and oxygen atoms in total. The van der Waals surface area contributed by atoms with Crippen LogP contribution in [0.25, 0.3) is 0 Å². The lowest BCUT2D eigenvalue weighted by atomic mass is 10.0. The van der Waals surface area contributed by atoms with Gasteiger partial charge in [0, 0.05) is 11.1 Å². The van der Waals surface area contributed by atoms with Gasteiger partial charge >= 0.3 is 0 Å². The molecule has 0 atom stereocenters. The SMILES string of the molecule is CCCCCCCCc1ccc(C#Cc2ccc(CCCC(C)C)cc2)cc1. The summed E-state index contributed by atoms with van der Waals surface area (Å²) in [5.74, 6) is 7.40. The molecular formula is C28H38. The van der Waals surface area contributed by atoms with Crippen LogP contribution in [-0.4, -0.2) is 0 Å². The standard InChI is InChI=1S/C28H38/c1-4-5-6-7-8-9-12-25-14-18-27(19-15-25)22-23-28-20-16-26(17-21-28)13-10-11-24(2)3/h14-21,24H,4-13H2,1-3H3. The molecule has 0 spiro atoms. The molecule has 2 aromatic rings. The smallest absolute Gasteiger partial charge is 0.0249 e. The van der Waals surface area contributed by atoms with E-state index in [1.807, 2.05) is 0 Å². The Morgan fingerprint density at radius 3 is 1.57 bits per heavy atom. The Kier molecular flexibility index (Phi) is 10.5. The van der Waals surface area contributed by atoms with Gasteiger partial charge in [-0.3, -0.25) is 0 Å². The van der Waals surface area contributed by atoms with Crippen LogP contribution in [0.5, 0.6) is 0 Å². The number of hydrogen-bond acceptors (Lipinski definition) is 0. The van der Waals surface area contributed by atoms with Gasteiger partial charge in [0.05, 0.1) is 0 Å². The molecule has 0 N–H and O–H groups in total. The van der Waals surface area contributed by atoms with E-state index in [0.717, 1.165) is 17.0 Å². The van der Waals surface area contributed by atoms with Gasteiger partial charge in [-0.05, 0) is 67.0 Å². The maximum atomic E-state index is 3.31. The van der Waals surface area contributed by atoms with Crippen molar-refractivity contribution < 1.29 is 0 Å². The molecule has 0 aliphatic heterocycles. The van der Waals surface area contributed by atoms with Crippen molar-refractivity contribution >= 4 is 0 Å². The van der Waals surface area contributed by atoms with E-state index < -0.39 is 0 Å². The molecule has 0 fully saturated rings. The van der Waals surface area contributed by atoms with Crippen LogP contribution in [0.4, 0.5) is 0 Å². The molecule has 0 heteroatoms. The van der Waals surface area contributed by atoms with E-state index in [-0.39, 0.29) is 0 Å². The highest BCUT2D eigenvalue weighted by atomic mass is 14.0. The van der Waals surface area contributed by atoms with Crippen molar-refractivity contribution in [1.29, 1.82) is 0 Å². The molecule has 0 saturated heterocycles. The van der Waals surface area contributed by atoms with Crippen molar-refractivity contribution in [3.8, 4) is 11.8 Å². The monoisotopic (exact) mass is 374 g/mol. The van der Waals surface area contributed by atoms with Crippen LogP contribution >= 0.6 is 0 Å². The Labute approximate surface area is 173 Å². The van der Waals surface area contributed by atoms with Crippen LogP contribution in [-0.2, 0) is 12.8 Å². The van der Waals surface area contributed by atoms with Crippen molar-refractivity contribution in [2.45, 2.75) is 85.0 Å². The van der Waals surface area contributed by atoms with Gasteiger partial charge in [0.2, 0.25) is 0 Å². The second-order valence-electron chi connectivity index (χ2n) is 8.45. The summed E-state index contributed by atoms with van der Waals surface area (Å²) < 4.78 is 0. The summed E-state index contributed by atoms with van der Waals surface area (Å²) in [5, 5.41) is 0. The molecule has 150 valence electrons. The van der Waals surface area contributed by atoms with Crippen LogP contribution in [0.15, 0.2) is 48.5 Å². The zero-order valence-corrected chi connectivity index (χ0v) is 18.3. The minimum atomic E-state index is 0.794. The summed E-state index contributed by atoms with van der Waals surface area (Å²) in [5.41, 5.74) is 5.06. The van der Waals surface area contributed by atoms with Crippen molar-refractivity contribution in [2.75, 3.05) is 0 Å². The van der Waals surface area contributed by atoms with Gasteiger partial charge in [-0.1, -0.05) is 95.4 Å². The van der Waals surface area contributed by atoms with Gasteiger partial charge in [-0.15, -0.1) is 0 Å². The molecule has 0 amide bonds. The maximum absolute atomic E-state index is 3.31. The highest BCUT2D eigenvalue weighted by molar-refractivity contribution is 5.44. The van der Waals surface area contributed by atoms with E-state index in [9.17, 15) is 0 Å². The van der Waals surface area contributed by atoms with Gasteiger partial charge in [-0.25, -0.2) is 0 Å². The minimum absolute atomic E-state index is 0.794. The van der Waals surface area contributed by atoms with E-state index in [1.165, 1.54) is 75.3 Å². The van der Waals surface area contributed by atoms with Crippen molar-refractivity contribution in [1.82, 2.24) is 0 Å². The van der Waals surface area contributed by atoms with Crippen LogP contribution in [0.3, 0.4) is 0 Å². The molecule has 0 aliphatic rings. The Balaban J connectivity index is 1.77. The minimum Gasteiger partial charge on any atom is -0.0654 e. The van der Waals surface area contributed by atoms with Gasteiger partial charge in [0.1, 0.15) is 0 Å². The van der Waals surface area contributed by atoms with Gasteiger partial charge in [0.15, 0.2) is 0 Å². The average Bonchev–Trinajstić information content (AvgIpc) is 2.70. The quantitative estimate of drug-likeness (QED) is 0.276. The molecular weight excluding hydrogens is 336 g/mol. The second-order valence-corrected chi connectivity index (χ2v) is 8.45. The summed E-state index contributed by atoms with van der Waals surface area (Å²) in [6.07, 6.45) is 13.1. The number of unbranched alkanes of at least 4 members (excludes halogenated alkanes) is 5. The van der Waals surface area contributed by atoms with E-state index in [2.05, 4.69) is 81.1 Å². The fourth-order valence-corrected chi connectivity index (χ4v) is 3.48. The lowest BCUT2D eigenvalue weighted by Gasteiger charge is -2.04. The predicted molar refractivity (Wildman–Crippen MR) is 124 cm³/mol. The highest BCUT2D eigenvalue weighted by Crippen LogP contribution is 2.12. The van der Waals surface area contributed by atoms with Gasteiger partial charge < -0.3 is 0 Å². The van der Waals surface area contributed by atoms with Crippen LogP contribution in [0, 0.1) is 17.8 Å². The van der Waals surface area contributed by atoms with Gasteiger partial charge in [-0.2, -0.15) is 0 Å². The van der Waals surface area contributed by atoms with Crippen LogP contribution in [0.1, 0.15) is 94.4 Å². The first-order valence-corrected chi connectivity index (χ1v) is 11.4. The summed E-state index contributed by atoms with van der Waals surface area (Å²) in [7, 11) is 0. The largest absolute Gasteiger partial charge is 0.0654 e. The molecule has 28 heavy (non-hydrogen) atoms. The Bertz CT molecular complexity index is 707. The fraction of sp³-hybridized carbons (Fsp3) is 0.500. The second kappa shape index (κ2) is 13.2. The Morgan fingerprint density at radius 2 is 1.07 bits per heavy atom. The molecule has 0 saturated carbocycles. The highest BCUT2D eigenvalue weighted by Gasteiger charge is 1.97. The third-order valence-corrected chi connectivity index (χ3v) is 5.32. The molecule has 0 aromatic heterocycles. The molecule has 0 unspecified atom stereocenters. The number of aryl methyl sites for hydroxylation is 2. The lowest BCUT2D eigenvalue weighted by Crippen LogP contribution is -1.91. The first-order valence-electron chi connectivity index (χ1n) is 11.4. The predicted octanol–water partition coefficient (Wildman–Crippen LogP) is 7.97. The maximum Gasteiger partial charge on any atom is 0.0249 e. The topological polar surface area (TPSA) is 0 Å². The number of rotatable bonds is 11. The molecule has 2 rings (SSSR count). The third kappa shape index (κ3) is 9.27. The van der Waals surface area contributed by atoms with Crippen molar-refractivity contribution in [3.05, 3.63) is 70.8 Å². The van der Waals surface area contributed by atoms with Crippen molar-refractivity contribution in [3.63, 3.8) is 0 Å². The summed E-state index contributed by atoms with van der Waals surface area (Å²) >= 11 is 0. The van der Waals surface area contributed by atoms with E-state index in [0.29, 0.717) is 0 Å². The zero-order valence-electron chi connectivity index (χ0n) is 18.3. The average molecular weight is 375 g/mol. The molecule has 0 heterocycles. The van der Waals surface area contributed by atoms with E-state index in [1.54, 1.807) is 0 Å². The van der Waals surface area contributed by atoms with Gasteiger partial charge in [0.25, 0.3) is 0 Å². The molecule has 0 radical (unpaired) electrons. The van der Waals surface area contributed by atoms with E-state index in [4.69, 9.17) is 0 Å². The number of hydrogen-bond donors (Lipinski definition) is 0. The van der Waals surface area contributed by atoms with E-state index >= 15 is 0 Å². The van der Waals surface area contributed by atoms with Crippen molar-refractivity contribution in [2.24, 2.45) is 5.92 Å². The molecule has 0 bridgehead atoms. The molecule has 2 aromatic carbocycles. The normalized spacial score (nSPS) is 10.7. The Morgan fingerprint density at radius 1 is 0.607 bits per heavy atom. The summed E-state index contributed by atoms with van der Waals surface area (Å²) in [6.45, 7) is 6.86. The molecule has 0 aliphatic carbocycles.